The van der Waals surface area contributed by atoms with Crippen molar-refractivity contribution in [3.05, 3.63) is 58.7 Å². The molecule has 0 unspecified atom stereocenters. The summed E-state index contributed by atoms with van der Waals surface area (Å²) in [6.07, 6.45) is 4.87. The van der Waals surface area contributed by atoms with Gasteiger partial charge in [0.25, 0.3) is 0 Å². The number of hydrogen-bond donors (Lipinski definition) is 2. The summed E-state index contributed by atoms with van der Waals surface area (Å²) in [4.78, 5) is 0. The maximum Gasteiger partial charge on any atom is 0.0603 e. The molecule has 104 valence electrons. The zero-order chi connectivity index (χ0) is 13.9. The lowest BCUT2D eigenvalue weighted by Crippen LogP contribution is -2.08. The number of anilines is 2. The van der Waals surface area contributed by atoms with Crippen LogP contribution < -0.4 is 11.1 Å². The molecule has 2 heteroatoms. The fourth-order valence-corrected chi connectivity index (χ4v) is 3.04. The first-order chi connectivity index (χ1) is 9.74. The Balaban J connectivity index is 1.63. The van der Waals surface area contributed by atoms with Crippen molar-refractivity contribution in [1.82, 2.24) is 0 Å². The molecule has 0 heterocycles. The third-order valence-electron chi connectivity index (χ3n) is 4.18. The Bertz CT molecular complexity index is 597. The zero-order valence-electron chi connectivity index (χ0n) is 12.1. The predicted octanol–water partition coefficient (Wildman–Crippen LogP) is 3.72. The van der Waals surface area contributed by atoms with Gasteiger partial charge in [0.1, 0.15) is 0 Å². The van der Waals surface area contributed by atoms with Gasteiger partial charge in [0.15, 0.2) is 0 Å². The van der Waals surface area contributed by atoms with Gasteiger partial charge in [-0.2, -0.15) is 0 Å². The quantitative estimate of drug-likeness (QED) is 0.828. The molecule has 0 spiro atoms. The number of rotatable bonds is 4. The van der Waals surface area contributed by atoms with Crippen LogP contribution in [-0.4, -0.2) is 6.54 Å². The number of hydrogen-bond acceptors (Lipinski definition) is 2. The summed E-state index contributed by atoms with van der Waals surface area (Å²) >= 11 is 0. The predicted molar refractivity (Wildman–Crippen MR) is 86.3 cm³/mol. The van der Waals surface area contributed by atoms with E-state index in [1.807, 2.05) is 12.1 Å². The van der Waals surface area contributed by atoms with Crippen molar-refractivity contribution >= 4 is 11.4 Å². The van der Waals surface area contributed by atoms with Crippen LogP contribution in [0, 0.1) is 6.92 Å². The van der Waals surface area contributed by atoms with Gasteiger partial charge in [0.05, 0.1) is 11.4 Å². The molecule has 0 saturated heterocycles. The molecular formula is C18H22N2. The summed E-state index contributed by atoms with van der Waals surface area (Å²) in [5, 5.41) is 3.47. The third-order valence-corrected chi connectivity index (χ3v) is 4.18. The smallest absolute Gasteiger partial charge is 0.0603 e. The Morgan fingerprint density at radius 3 is 2.80 bits per heavy atom. The van der Waals surface area contributed by atoms with Crippen LogP contribution in [-0.2, 0) is 19.3 Å². The van der Waals surface area contributed by atoms with Crippen LogP contribution in [0.2, 0.25) is 0 Å². The lowest BCUT2D eigenvalue weighted by molar-refractivity contribution is 0.911. The van der Waals surface area contributed by atoms with Crippen LogP contribution in [0.1, 0.15) is 28.7 Å². The number of para-hydroxylation sites is 1. The molecule has 0 bridgehead atoms. The standard InChI is InChI=1S/C18H22N2/c1-13-4-2-7-17(19)18(13)20-11-10-14-8-9-15-5-3-6-16(15)12-14/h2,4,7-9,12,20H,3,5-6,10-11,19H2,1H3. The van der Waals surface area contributed by atoms with E-state index in [0.29, 0.717) is 0 Å². The second kappa shape index (κ2) is 5.58. The summed E-state index contributed by atoms with van der Waals surface area (Å²) in [5.74, 6) is 0. The number of benzene rings is 2. The van der Waals surface area contributed by atoms with Crippen LogP contribution >= 0.6 is 0 Å². The van der Waals surface area contributed by atoms with Gasteiger partial charge in [0, 0.05) is 6.54 Å². The van der Waals surface area contributed by atoms with Crippen LogP contribution in [0.3, 0.4) is 0 Å². The van der Waals surface area contributed by atoms with Crippen molar-refractivity contribution in [1.29, 1.82) is 0 Å². The lowest BCUT2D eigenvalue weighted by Gasteiger charge is -2.12. The number of nitrogens with one attached hydrogen (secondary N) is 1. The van der Waals surface area contributed by atoms with E-state index in [-0.39, 0.29) is 0 Å². The minimum absolute atomic E-state index is 0.832. The van der Waals surface area contributed by atoms with Gasteiger partial charge in [-0.3, -0.25) is 0 Å². The second-order valence-electron chi connectivity index (χ2n) is 5.67. The van der Waals surface area contributed by atoms with Crippen molar-refractivity contribution in [2.45, 2.75) is 32.6 Å². The molecule has 0 saturated carbocycles. The first-order valence-corrected chi connectivity index (χ1v) is 7.43. The second-order valence-corrected chi connectivity index (χ2v) is 5.67. The SMILES string of the molecule is Cc1cccc(N)c1NCCc1ccc2c(c1)CCC2. The lowest BCUT2D eigenvalue weighted by atomic mass is 10.0. The Kier molecular flexibility index (Phi) is 3.64. The van der Waals surface area contributed by atoms with E-state index in [1.165, 1.54) is 30.4 Å². The number of fused-ring (bicyclic) bond motifs is 1. The first-order valence-electron chi connectivity index (χ1n) is 7.43. The average Bonchev–Trinajstić information content (AvgIpc) is 2.89. The molecule has 0 amide bonds. The number of nitrogens with two attached hydrogens (primary N) is 1. The number of aryl methyl sites for hydroxylation is 3. The van der Waals surface area contributed by atoms with Gasteiger partial charge in [0.2, 0.25) is 0 Å². The summed E-state index contributed by atoms with van der Waals surface area (Å²) in [6, 6.07) is 13.0. The van der Waals surface area contributed by atoms with Gasteiger partial charge in [-0.05, 0) is 60.9 Å². The molecule has 3 N–H and O–H groups in total. The van der Waals surface area contributed by atoms with E-state index >= 15 is 0 Å². The fourth-order valence-electron chi connectivity index (χ4n) is 3.04. The Morgan fingerprint density at radius 2 is 1.95 bits per heavy atom. The van der Waals surface area contributed by atoms with Gasteiger partial charge < -0.3 is 11.1 Å². The summed E-state index contributed by atoms with van der Waals surface area (Å²) in [7, 11) is 0. The van der Waals surface area contributed by atoms with E-state index < -0.39 is 0 Å². The Hall–Kier alpha value is -1.96. The normalized spacial score (nSPS) is 13.2. The first kappa shape index (κ1) is 13.0. The third kappa shape index (κ3) is 2.64. The summed E-state index contributed by atoms with van der Waals surface area (Å²) in [6.45, 7) is 3.02. The minimum Gasteiger partial charge on any atom is -0.397 e. The van der Waals surface area contributed by atoms with Crippen LogP contribution in [0.15, 0.2) is 36.4 Å². The molecule has 2 nitrogen and oxygen atoms in total. The molecule has 2 aromatic rings. The Labute approximate surface area is 121 Å². The highest BCUT2D eigenvalue weighted by molar-refractivity contribution is 5.69. The zero-order valence-corrected chi connectivity index (χ0v) is 12.1. The molecule has 0 fully saturated rings. The molecule has 0 aromatic heterocycles. The van der Waals surface area contributed by atoms with Gasteiger partial charge in [-0.1, -0.05) is 30.3 Å². The van der Waals surface area contributed by atoms with Crippen molar-refractivity contribution in [2.24, 2.45) is 0 Å². The van der Waals surface area contributed by atoms with E-state index in [0.717, 1.165) is 24.3 Å². The monoisotopic (exact) mass is 266 g/mol. The molecular weight excluding hydrogens is 244 g/mol. The van der Waals surface area contributed by atoms with Crippen molar-refractivity contribution in [2.75, 3.05) is 17.6 Å². The van der Waals surface area contributed by atoms with Gasteiger partial charge in [-0.15, -0.1) is 0 Å². The van der Waals surface area contributed by atoms with Crippen molar-refractivity contribution < 1.29 is 0 Å². The highest BCUT2D eigenvalue weighted by atomic mass is 14.9. The molecule has 1 aliphatic rings. The largest absolute Gasteiger partial charge is 0.397 e. The molecule has 3 rings (SSSR count). The fraction of sp³-hybridized carbons (Fsp3) is 0.333. The molecule has 20 heavy (non-hydrogen) atoms. The topological polar surface area (TPSA) is 38.0 Å². The van der Waals surface area contributed by atoms with E-state index in [4.69, 9.17) is 5.73 Å². The molecule has 0 radical (unpaired) electrons. The van der Waals surface area contributed by atoms with Crippen molar-refractivity contribution in [3.63, 3.8) is 0 Å². The summed E-state index contributed by atoms with van der Waals surface area (Å²) < 4.78 is 0. The maximum absolute atomic E-state index is 6.01. The van der Waals surface area contributed by atoms with Crippen molar-refractivity contribution in [3.8, 4) is 0 Å². The van der Waals surface area contributed by atoms with Gasteiger partial charge >= 0.3 is 0 Å². The van der Waals surface area contributed by atoms with Crippen LogP contribution in [0.25, 0.3) is 0 Å². The van der Waals surface area contributed by atoms with E-state index in [1.54, 1.807) is 11.1 Å². The molecule has 0 atom stereocenters. The van der Waals surface area contributed by atoms with E-state index in [2.05, 4.69) is 36.5 Å². The van der Waals surface area contributed by atoms with E-state index in [9.17, 15) is 0 Å². The number of nitrogen functional groups attached to an aromatic ring is 1. The van der Waals surface area contributed by atoms with Crippen LogP contribution in [0.5, 0.6) is 0 Å². The Morgan fingerprint density at radius 1 is 1.10 bits per heavy atom. The van der Waals surface area contributed by atoms with Crippen LogP contribution in [0.4, 0.5) is 11.4 Å². The molecule has 2 aromatic carbocycles. The average molecular weight is 266 g/mol. The molecule has 1 aliphatic carbocycles. The highest BCUT2D eigenvalue weighted by Gasteiger charge is 2.10. The maximum atomic E-state index is 6.01. The minimum atomic E-state index is 0.832. The molecule has 0 aliphatic heterocycles. The summed E-state index contributed by atoms with van der Waals surface area (Å²) in [5.41, 5.74) is 13.7. The van der Waals surface area contributed by atoms with Gasteiger partial charge in [-0.25, -0.2) is 0 Å². The highest BCUT2D eigenvalue weighted by Crippen LogP contribution is 2.24.